The highest BCUT2D eigenvalue weighted by Crippen LogP contribution is 2.09. The molecule has 1 saturated heterocycles. The van der Waals surface area contributed by atoms with Crippen molar-refractivity contribution in [2.75, 3.05) is 19.6 Å². The summed E-state index contributed by atoms with van der Waals surface area (Å²) in [6.45, 7) is 8.01. The second kappa shape index (κ2) is 5.41. The van der Waals surface area contributed by atoms with Crippen molar-refractivity contribution in [3.63, 3.8) is 0 Å². The molecule has 2 rings (SSSR count). The highest BCUT2D eigenvalue weighted by Gasteiger charge is 2.18. The SMILES string of the molecule is CCN(Cc1nc(C)no1)CC1CCCN1. The Bertz CT molecular complexity index is 320. The summed E-state index contributed by atoms with van der Waals surface area (Å²) in [6.07, 6.45) is 2.57. The van der Waals surface area contributed by atoms with Crippen molar-refractivity contribution >= 4 is 0 Å². The number of hydrogen-bond donors (Lipinski definition) is 1. The lowest BCUT2D eigenvalue weighted by molar-refractivity contribution is 0.218. The molecule has 0 amide bonds. The number of nitrogens with zero attached hydrogens (tertiary/aromatic N) is 3. The van der Waals surface area contributed by atoms with Crippen LogP contribution in [-0.4, -0.2) is 40.7 Å². The molecule has 1 aliphatic heterocycles. The summed E-state index contributed by atoms with van der Waals surface area (Å²) >= 11 is 0. The number of aryl methyl sites for hydroxylation is 1. The van der Waals surface area contributed by atoms with Gasteiger partial charge in [0, 0.05) is 12.6 Å². The van der Waals surface area contributed by atoms with Crippen molar-refractivity contribution in [1.29, 1.82) is 0 Å². The topological polar surface area (TPSA) is 54.2 Å². The van der Waals surface area contributed by atoms with Crippen LogP contribution in [0.3, 0.4) is 0 Å². The van der Waals surface area contributed by atoms with Crippen molar-refractivity contribution in [2.24, 2.45) is 0 Å². The molecule has 90 valence electrons. The van der Waals surface area contributed by atoms with Crippen molar-refractivity contribution in [1.82, 2.24) is 20.4 Å². The Morgan fingerprint density at radius 1 is 1.56 bits per heavy atom. The lowest BCUT2D eigenvalue weighted by Gasteiger charge is -2.22. The third-order valence-corrected chi connectivity index (χ3v) is 3.02. The van der Waals surface area contributed by atoms with Crippen LogP contribution in [0, 0.1) is 6.92 Å². The van der Waals surface area contributed by atoms with Crippen molar-refractivity contribution in [2.45, 2.75) is 39.3 Å². The Morgan fingerprint density at radius 3 is 3.00 bits per heavy atom. The summed E-state index contributed by atoms with van der Waals surface area (Å²) in [7, 11) is 0. The lowest BCUT2D eigenvalue weighted by atomic mass is 10.2. The van der Waals surface area contributed by atoms with Crippen LogP contribution in [0.5, 0.6) is 0 Å². The van der Waals surface area contributed by atoms with Crippen LogP contribution in [0.25, 0.3) is 0 Å². The number of hydrogen-bond acceptors (Lipinski definition) is 5. The quantitative estimate of drug-likeness (QED) is 0.807. The van der Waals surface area contributed by atoms with Crippen molar-refractivity contribution in [3.05, 3.63) is 11.7 Å². The molecule has 0 aliphatic carbocycles. The van der Waals surface area contributed by atoms with Crippen LogP contribution in [0.1, 0.15) is 31.5 Å². The Morgan fingerprint density at radius 2 is 2.44 bits per heavy atom. The summed E-state index contributed by atoms with van der Waals surface area (Å²) < 4.78 is 5.14. The fraction of sp³-hybridized carbons (Fsp3) is 0.818. The third-order valence-electron chi connectivity index (χ3n) is 3.02. The zero-order valence-corrected chi connectivity index (χ0v) is 10.1. The van der Waals surface area contributed by atoms with E-state index in [-0.39, 0.29) is 0 Å². The van der Waals surface area contributed by atoms with Crippen LogP contribution >= 0.6 is 0 Å². The van der Waals surface area contributed by atoms with Gasteiger partial charge < -0.3 is 9.84 Å². The molecule has 1 fully saturated rings. The second-order valence-corrected chi connectivity index (χ2v) is 4.36. The van der Waals surface area contributed by atoms with Gasteiger partial charge in [-0.25, -0.2) is 0 Å². The minimum absolute atomic E-state index is 0.629. The maximum Gasteiger partial charge on any atom is 0.240 e. The van der Waals surface area contributed by atoms with Gasteiger partial charge in [0.05, 0.1) is 6.54 Å². The van der Waals surface area contributed by atoms with Crippen LogP contribution in [-0.2, 0) is 6.54 Å². The van der Waals surface area contributed by atoms with Crippen molar-refractivity contribution < 1.29 is 4.52 Å². The number of likely N-dealkylation sites (N-methyl/N-ethyl adjacent to an activating group) is 1. The van der Waals surface area contributed by atoms with Gasteiger partial charge >= 0.3 is 0 Å². The molecule has 0 radical (unpaired) electrons. The van der Waals surface area contributed by atoms with E-state index in [1.807, 2.05) is 6.92 Å². The first kappa shape index (κ1) is 11.5. The van der Waals surface area contributed by atoms with E-state index in [1.165, 1.54) is 12.8 Å². The van der Waals surface area contributed by atoms with Gasteiger partial charge in [0.1, 0.15) is 0 Å². The van der Waals surface area contributed by atoms with Crippen LogP contribution in [0.2, 0.25) is 0 Å². The molecule has 1 aliphatic rings. The molecule has 5 heteroatoms. The van der Waals surface area contributed by atoms with E-state index in [1.54, 1.807) is 0 Å². The van der Waals surface area contributed by atoms with Gasteiger partial charge in [-0.15, -0.1) is 0 Å². The Labute approximate surface area is 96.2 Å². The molecule has 5 nitrogen and oxygen atoms in total. The van der Waals surface area contributed by atoms with E-state index in [2.05, 4.69) is 27.3 Å². The smallest absolute Gasteiger partial charge is 0.240 e. The zero-order valence-electron chi connectivity index (χ0n) is 10.1. The first-order valence-electron chi connectivity index (χ1n) is 6.03. The van der Waals surface area contributed by atoms with Crippen LogP contribution < -0.4 is 5.32 Å². The molecule has 0 aromatic carbocycles. The Kier molecular flexibility index (Phi) is 3.90. The van der Waals surface area contributed by atoms with E-state index in [9.17, 15) is 0 Å². The minimum Gasteiger partial charge on any atom is -0.338 e. The highest BCUT2D eigenvalue weighted by molar-refractivity contribution is 4.84. The van der Waals surface area contributed by atoms with E-state index < -0.39 is 0 Å². The van der Waals surface area contributed by atoms with Gasteiger partial charge in [-0.2, -0.15) is 4.98 Å². The fourth-order valence-corrected chi connectivity index (χ4v) is 2.13. The number of rotatable bonds is 5. The highest BCUT2D eigenvalue weighted by atomic mass is 16.5. The summed E-state index contributed by atoms with van der Waals surface area (Å²) in [5.41, 5.74) is 0. The monoisotopic (exact) mass is 224 g/mol. The van der Waals surface area contributed by atoms with Gasteiger partial charge in [0.15, 0.2) is 5.82 Å². The normalized spacial score (nSPS) is 20.8. The molecular weight excluding hydrogens is 204 g/mol. The minimum atomic E-state index is 0.629. The molecule has 0 spiro atoms. The number of nitrogens with one attached hydrogen (secondary N) is 1. The van der Waals surface area contributed by atoms with E-state index in [0.29, 0.717) is 11.9 Å². The van der Waals surface area contributed by atoms with Gasteiger partial charge in [-0.05, 0) is 32.9 Å². The summed E-state index contributed by atoms with van der Waals surface area (Å²) in [6, 6.07) is 0.629. The molecule has 1 aromatic heterocycles. The average molecular weight is 224 g/mol. The van der Waals surface area contributed by atoms with Crippen LogP contribution in [0.4, 0.5) is 0 Å². The summed E-state index contributed by atoms with van der Waals surface area (Å²) in [5, 5.41) is 7.31. The second-order valence-electron chi connectivity index (χ2n) is 4.36. The molecule has 2 heterocycles. The molecule has 16 heavy (non-hydrogen) atoms. The lowest BCUT2D eigenvalue weighted by Crippen LogP contribution is -2.37. The first-order valence-corrected chi connectivity index (χ1v) is 6.03. The molecule has 1 unspecified atom stereocenters. The largest absolute Gasteiger partial charge is 0.338 e. The van der Waals surface area contributed by atoms with Crippen LogP contribution in [0.15, 0.2) is 4.52 Å². The molecule has 1 N–H and O–H groups in total. The van der Waals surface area contributed by atoms with Gasteiger partial charge in [0.2, 0.25) is 5.89 Å². The van der Waals surface area contributed by atoms with E-state index in [4.69, 9.17) is 4.52 Å². The molecule has 1 aromatic rings. The Hall–Kier alpha value is -0.940. The Balaban J connectivity index is 1.84. The zero-order chi connectivity index (χ0) is 11.4. The van der Waals surface area contributed by atoms with E-state index >= 15 is 0 Å². The molecule has 1 atom stereocenters. The third kappa shape index (κ3) is 3.02. The average Bonchev–Trinajstić information content (AvgIpc) is 2.89. The van der Waals surface area contributed by atoms with E-state index in [0.717, 1.165) is 32.1 Å². The van der Waals surface area contributed by atoms with Gasteiger partial charge in [0.25, 0.3) is 0 Å². The summed E-state index contributed by atoms with van der Waals surface area (Å²) in [5.74, 6) is 1.43. The molecule has 0 saturated carbocycles. The van der Waals surface area contributed by atoms with Crippen molar-refractivity contribution in [3.8, 4) is 0 Å². The molecule has 0 bridgehead atoms. The fourth-order valence-electron chi connectivity index (χ4n) is 2.13. The summed E-state index contributed by atoms with van der Waals surface area (Å²) in [4.78, 5) is 6.58. The maximum atomic E-state index is 5.14. The predicted molar refractivity (Wildman–Crippen MR) is 61.0 cm³/mol. The van der Waals surface area contributed by atoms with Gasteiger partial charge in [-0.1, -0.05) is 12.1 Å². The predicted octanol–water partition coefficient (Wildman–Crippen LogP) is 0.952. The number of aromatic nitrogens is 2. The molecular formula is C11H20N4O. The maximum absolute atomic E-state index is 5.14. The van der Waals surface area contributed by atoms with Gasteiger partial charge in [-0.3, -0.25) is 4.90 Å². The first-order chi connectivity index (χ1) is 7.78. The standard InChI is InChI=1S/C11H20N4O/c1-3-15(7-10-5-4-6-12-10)8-11-13-9(2)14-16-11/h10,12H,3-8H2,1-2H3.